The van der Waals surface area contributed by atoms with Gasteiger partial charge in [-0.3, -0.25) is 4.79 Å². The maximum absolute atomic E-state index is 13.4. The summed E-state index contributed by atoms with van der Waals surface area (Å²) in [6.07, 6.45) is 4.20. The molecule has 2 saturated heterocycles. The van der Waals surface area contributed by atoms with Gasteiger partial charge in [-0.2, -0.15) is 0 Å². The van der Waals surface area contributed by atoms with Gasteiger partial charge in [0.15, 0.2) is 0 Å². The second kappa shape index (κ2) is 8.54. The third-order valence-corrected chi connectivity index (χ3v) is 7.34. The first-order chi connectivity index (χ1) is 15.1. The zero-order chi connectivity index (χ0) is 21.4. The monoisotopic (exact) mass is 437 g/mol. The Hall–Kier alpha value is -2.53. The van der Waals surface area contributed by atoms with Crippen molar-refractivity contribution in [3.63, 3.8) is 0 Å². The molecule has 5 nitrogen and oxygen atoms in total. The van der Waals surface area contributed by atoms with Crippen molar-refractivity contribution >= 4 is 23.5 Å². The Kier molecular flexibility index (Phi) is 5.61. The van der Waals surface area contributed by atoms with Crippen LogP contribution in [0.15, 0.2) is 48.5 Å². The van der Waals surface area contributed by atoms with E-state index in [1.165, 1.54) is 11.1 Å². The van der Waals surface area contributed by atoms with Gasteiger partial charge in [-0.1, -0.05) is 48.0 Å². The van der Waals surface area contributed by atoms with Gasteiger partial charge < -0.3 is 15.1 Å². The van der Waals surface area contributed by atoms with Crippen LogP contribution in [0.4, 0.5) is 4.79 Å². The standard InChI is InChI=1S/C25H28ClN3O2/c26-19-9-8-18-11-14-28-23(21(18)15-19)16-22-20(24(28)30)7-4-13-29(22)25(31)27-12-10-17-5-2-1-3-6-17/h1-3,5-6,8-9,15,20,22-23H,4,7,10-14,16H2,(H,27,31)/t20-,22-,23+/m0/s1. The molecule has 1 N–H and O–H groups in total. The van der Waals surface area contributed by atoms with E-state index >= 15 is 0 Å². The van der Waals surface area contributed by atoms with E-state index < -0.39 is 0 Å². The summed E-state index contributed by atoms with van der Waals surface area (Å²) in [5.41, 5.74) is 3.63. The molecule has 2 fully saturated rings. The van der Waals surface area contributed by atoms with Crippen molar-refractivity contribution in [2.75, 3.05) is 19.6 Å². The maximum Gasteiger partial charge on any atom is 0.317 e. The zero-order valence-corrected chi connectivity index (χ0v) is 18.4. The molecule has 0 aliphatic carbocycles. The lowest BCUT2D eigenvalue weighted by Crippen LogP contribution is -2.61. The number of carbonyl (C=O) groups excluding carboxylic acids is 2. The predicted molar refractivity (Wildman–Crippen MR) is 121 cm³/mol. The van der Waals surface area contributed by atoms with Gasteiger partial charge in [0.25, 0.3) is 0 Å². The molecule has 0 bridgehead atoms. The molecule has 3 aliphatic rings. The lowest BCUT2D eigenvalue weighted by Gasteiger charge is -2.51. The molecular formula is C25H28ClN3O2. The fraction of sp³-hybridized carbons (Fsp3) is 0.440. The van der Waals surface area contributed by atoms with Gasteiger partial charge in [-0.25, -0.2) is 4.79 Å². The van der Waals surface area contributed by atoms with Crippen LogP contribution in [0.3, 0.4) is 0 Å². The van der Waals surface area contributed by atoms with Crippen molar-refractivity contribution < 1.29 is 9.59 Å². The molecule has 3 atom stereocenters. The van der Waals surface area contributed by atoms with Crippen molar-refractivity contribution in [2.24, 2.45) is 5.92 Å². The van der Waals surface area contributed by atoms with Gasteiger partial charge in [0, 0.05) is 30.7 Å². The molecule has 0 radical (unpaired) electrons. The van der Waals surface area contributed by atoms with E-state index in [2.05, 4.69) is 23.5 Å². The van der Waals surface area contributed by atoms with Crippen LogP contribution in [0.25, 0.3) is 0 Å². The molecule has 162 valence electrons. The smallest absolute Gasteiger partial charge is 0.317 e. The Labute approximate surface area is 188 Å². The minimum Gasteiger partial charge on any atom is -0.338 e. The maximum atomic E-state index is 13.4. The van der Waals surface area contributed by atoms with E-state index in [1.807, 2.05) is 40.1 Å². The second-order valence-corrected chi connectivity index (χ2v) is 9.29. The minimum absolute atomic E-state index is 0.00826. The Morgan fingerprint density at radius 1 is 1.13 bits per heavy atom. The molecule has 2 aromatic carbocycles. The van der Waals surface area contributed by atoms with E-state index in [9.17, 15) is 9.59 Å². The fourth-order valence-corrected chi connectivity index (χ4v) is 5.76. The SMILES string of the molecule is O=C1[C@H]2CCCN(C(=O)NCCc3ccccc3)[C@H]2C[C@@H]2c3cc(Cl)ccc3CCN12. The number of amides is 3. The highest BCUT2D eigenvalue weighted by Crippen LogP contribution is 2.44. The number of fused-ring (bicyclic) bond motifs is 4. The van der Waals surface area contributed by atoms with E-state index in [0.717, 1.165) is 44.2 Å². The third kappa shape index (κ3) is 3.91. The Morgan fingerprint density at radius 2 is 1.97 bits per heavy atom. The van der Waals surface area contributed by atoms with Gasteiger partial charge in [-0.15, -0.1) is 0 Å². The first-order valence-electron chi connectivity index (χ1n) is 11.3. The van der Waals surface area contributed by atoms with E-state index in [-0.39, 0.29) is 29.9 Å². The quantitative estimate of drug-likeness (QED) is 0.782. The lowest BCUT2D eigenvalue weighted by atomic mass is 9.76. The summed E-state index contributed by atoms with van der Waals surface area (Å²) < 4.78 is 0. The molecule has 3 heterocycles. The number of likely N-dealkylation sites (tertiary alicyclic amines) is 1. The van der Waals surface area contributed by atoms with E-state index in [4.69, 9.17) is 11.6 Å². The van der Waals surface area contributed by atoms with Gasteiger partial charge in [0.2, 0.25) is 5.91 Å². The predicted octanol–water partition coefficient (Wildman–Crippen LogP) is 4.20. The number of nitrogens with one attached hydrogen (secondary N) is 1. The molecular weight excluding hydrogens is 410 g/mol. The normalized spacial score (nSPS) is 24.8. The average Bonchev–Trinajstić information content (AvgIpc) is 2.79. The molecule has 31 heavy (non-hydrogen) atoms. The number of urea groups is 1. The molecule has 0 saturated carbocycles. The first kappa shape index (κ1) is 20.4. The average molecular weight is 438 g/mol. The van der Waals surface area contributed by atoms with E-state index in [1.54, 1.807) is 0 Å². The van der Waals surface area contributed by atoms with Crippen molar-refractivity contribution in [1.29, 1.82) is 0 Å². The van der Waals surface area contributed by atoms with Crippen molar-refractivity contribution in [1.82, 2.24) is 15.1 Å². The Bertz CT molecular complexity index is 980. The summed E-state index contributed by atoms with van der Waals surface area (Å²) in [5.74, 6) is 0.110. The third-order valence-electron chi connectivity index (χ3n) is 7.10. The molecule has 5 rings (SSSR count). The van der Waals surface area contributed by atoms with Crippen molar-refractivity contribution in [3.8, 4) is 0 Å². The summed E-state index contributed by atoms with van der Waals surface area (Å²) in [6.45, 7) is 2.06. The zero-order valence-electron chi connectivity index (χ0n) is 17.6. The van der Waals surface area contributed by atoms with Gasteiger partial charge in [0.05, 0.1) is 12.0 Å². The van der Waals surface area contributed by atoms with Crippen molar-refractivity contribution in [2.45, 2.75) is 44.2 Å². The first-order valence-corrected chi connectivity index (χ1v) is 11.7. The number of nitrogens with zero attached hydrogens (tertiary/aromatic N) is 2. The molecule has 3 amide bonds. The molecule has 0 aromatic heterocycles. The topological polar surface area (TPSA) is 52.7 Å². The Morgan fingerprint density at radius 3 is 2.81 bits per heavy atom. The highest BCUT2D eigenvalue weighted by molar-refractivity contribution is 6.30. The van der Waals surface area contributed by atoms with Crippen LogP contribution in [0, 0.1) is 5.92 Å². The summed E-state index contributed by atoms with van der Waals surface area (Å²) in [7, 11) is 0. The van der Waals surface area contributed by atoms with Crippen LogP contribution >= 0.6 is 11.6 Å². The van der Waals surface area contributed by atoms with Crippen LogP contribution in [0.5, 0.6) is 0 Å². The number of hydrogen-bond acceptors (Lipinski definition) is 2. The molecule has 3 aliphatic heterocycles. The molecule has 0 spiro atoms. The summed E-state index contributed by atoms with van der Waals surface area (Å²) in [6, 6.07) is 16.1. The highest BCUT2D eigenvalue weighted by atomic mass is 35.5. The molecule has 2 aromatic rings. The number of carbonyl (C=O) groups is 2. The number of benzene rings is 2. The van der Waals surface area contributed by atoms with Crippen LogP contribution in [0.2, 0.25) is 5.02 Å². The van der Waals surface area contributed by atoms with Crippen LogP contribution < -0.4 is 5.32 Å². The van der Waals surface area contributed by atoms with Crippen molar-refractivity contribution in [3.05, 3.63) is 70.2 Å². The van der Waals surface area contributed by atoms with E-state index in [0.29, 0.717) is 18.1 Å². The van der Waals surface area contributed by atoms with Crippen LogP contribution in [0.1, 0.15) is 42.0 Å². The fourth-order valence-electron chi connectivity index (χ4n) is 5.58. The van der Waals surface area contributed by atoms with Gasteiger partial charge >= 0.3 is 6.03 Å². The number of hydrogen-bond donors (Lipinski definition) is 1. The summed E-state index contributed by atoms with van der Waals surface area (Å²) in [4.78, 5) is 30.4. The molecule has 6 heteroatoms. The summed E-state index contributed by atoms with van der Waals surface area (Å²) >= 11 is 6.29. The Balaban J connectivity index is 1.32. The number of halogens is 1. The molecule has 0 unspecified atom stereocenters. The number of rotatable bonds is 3. The lowest BCUT2D eigenvalue weighted by molar-refractivity contribution is -0.148. The van der Waals surface area contributed by atoms with Gasteiger partial charge in [-0.05, 0) is 60.9 Å². The van der Waals surface area contributed by atoms with Crippen LogP contribution in [-0.4, -0.2) is 47.4 Å². The highest BCUT2D eigenvalue weighted by Gasteiger charge is 2.48. The minimum atomic E-state index is -0.0920. The van der Waals surface area contributed by atoms with Gasteiger partial charge in [0.1, 0.15) is 0 Å². The largest absolute Gasteiger partial charge is 0.338 e. The van der Waals surface area contributed by atoms with Crippen LogP contribution in [-0.2, 0) is 17.6 Å². The summed E-state index contributed by atoms with van der Waals surface area (Å²) in [5, 5.41) is 3.79. The number of piperidine rings is 2. The second-order valence-electron chi connectivity index (χ2n) is 8.85.